The van der Waals surface area contributed by atoms with E-state index in [-0.39, 0.29) is 29.5 Å². The third-order valence-corrected chi connectivity index (χ3v) is 10.1. The van der Waals surface area contributed by atoms with Crippen LogP contribution >= 0.6 is 0 Å². The van der Waals surface area contributed by atoms with Gasteiger partial charge in [0.2, 0.25) is 0 Å². The first kappa shape index (κ1) is 25.9. The highest BCUT2D eigenvalue weighted by Crippen LogP contribution is 2.41. The summed E-state index contributed by atoms with van der Waals surface area (Å²) in [5, 5.41) is 14.7. The second-order valence-electron chi connectivity index (χ2n) is 10.9. The molecule has 1 atom stereocenters. The number of rotatable bonds is 5. The molecule has 6 rings (SSSR count). The minimum absolute atomic E-state index is 0.0563. The Hall–Kier alpha value is -2.31. The van der Waals surface area contributed by atoms with E-state index in [0.29, 0.717) is 42.3 Å². The van der Waals surface area contributed by atoms with Crippen molar-refractivity contribution in [3.05, 3.63) is 35.5 Å². The van der Waals surface area contributed by atoms with Gasteiger partial charge in [-0.1, -0.05) is 18.2 Å². The van der Waals surface area contributed by atoms with Gasteiger partial charge in [-0.25, -0.2) is 8.42 Å². The summed E-state index contributed by atoms with van der Waals surface area (Å²) in [7, 11) is -3.58. The molecule has 0 aliphatic carbocycles. The summed E-state index contributed by atoms with van der Waals surface area (Å²) in [6, 6.07) is 7.17. The zero-order chi connectivity index (χ0) is 26.3. The lowest BCUT2D eigenvalue weighted by Gasteiger charge is -2.36. The maximum atomic E-state index is 13.6. The monoisotopic (exact) mass is 543 g/mol. The van der Waals surface area contributed by atoms with Crippen LogP contribution in [0.5, 0.6) is 0 Å². The van der Waals surface area contributed by atoms with Crippen molar-refractivity contribution in [3.8, 4) is 11.3 Å². The number of aliphatic hydroxyl groups excluding tert-OH is 1. The molecule has 4 aliphatic heterocycles. The van der Waals surface area contributed by atoms with E-state index in [1.807, 2.05) is 16.8 Å². The van der Waals surface area contributed by atoms with Gasteiger partial charge in [0.25, 0.3) is 5.91 Å². The standard InChI is InChI=1S/C27H37N5O5S/c33-21-7-10-29(11-8-21)12-13-30-9-3-4-20(18-30)32-26-22-5-1-2-6-24(22)38(35,36)19-23(26)25(28-32)27(34)31-14-16-37-17-15-31/h1-2,5-6,20-21,33H,3-4,7-19H2/t20-/m0/s1. The number of morpholine rings is 1. The summed E-state index contributed by atoms with van der Waals surface area (Å²) in [6.45, 7) is 7.52. The molecule has 5 heterocycles. The molecular weight excluding hydrogens is 506 g/mol. The molecule has 1 N–H and O–H groups in total. The maximum absolute atomic E-state index is 13.6. The highest BCUT2D eigenvalue weighted by molar-refractivity contribution is 7.90. The number of benzene rings is 1. The number of aromatic nitrogens is 2. The number of hydrogen-bond acceptors (Lipinski definition) is 8. The molecule has 1 aromatic heterocycles. The molecule has 38 heavy (non-hydrogen) atoms. The molecule has 206 valence electrons. The van der Waals surface area contributed by atoms with Gasteiger partial charge in [-0.3, -0.25) is 14.4 Å². The summed E-state index contributed by atoms with van der Waals surface area (Å²) in [6.07, 6.45) is 3.46. The molecule has 2 aromatic rings. The number of sulfone groups is 1. The number of nitrogens with zero attached hydrogens (tertiary/aromatic N) is 5. The van der Waals surface area contributed by atoms with Crippen molar-refractivity contribution in [2.24, 2.45) is 0 Å². The third kappa shape index (κ3) is 5.02. The number of carbonyl (C=O) groups excluding carboxylic acids is 1. The normalized spacial score (nSPS) is 24.7. The van der Waals surface area contributed by atoms with Gasteiger partial charge in [-0.15, -0.1) is 0 Å². The lowest BCUT2D eigenvalue weighted by atomic mass is 10.0. The van der Waals surface area contributed by atoms with Crippen LogP contribution < -0.4 is 0 Å². The Kier molecular flexibility index (Phi) is 7.30. The number of hydrogen-bond donors (Lipinski definition) is 1. The summed E-state index contributed by atoms with van der Waals surface area (Å²) >= 11 is 0. The van der Waals surface area contributed by atoms with Gasteiger partial charge >= 0.3 is 0 Å². The molecular formula is C27H37N5O5S. The molecule has 10 nitrogen and oxygen atoms in total. The van der Waals surface area contributed by atoms with E-state index in [9.17, 15) is 18.3 Å². The maximum Gasteiger partial charge on any atom is 0.274 e. The predicted octanol–water partition coefficient (Wildman–Crippen LogP) is 1.40. The van der Waals surface area contributed by atoms with Gasteiger partial charge in [0, 0.05) is 56.9 Å². The highest BCUT2D eigenvalue weighted by atomic mass is 32.2. The van der Waals surface area contributed by atoms with E-state index >= 15 is 0 Å². The Labute approximate surface area is 224 Å². The van der Waals surface area contributed by atoms with Gasteiger partial charge in [0.1, 0.15) is 0 Å². The molecule has 1 aromatic carbocycles. The van der Waals surface area contributed by atoms with Crippen LogP contribution in [-0.2, 0) is 20.3 Å². The fourth-order valence-electron chi connectivity index (χ4n) is 6.30. The van der Waals surface area contributed by atoms with Crippen LogP contribution in [0.25, 0.3) is 11.3 Å². The molecule has 4 aliphatic rings. The fourth-order valence-corrected chi connectivity index (χ4v) is 7.90. The van der Waals surface area contributed by atoms with Crippen molar-refractivity contribution >= 4 is 15.7 Å². The first-order chi connectivity index (χ1) is 18.4. The van der Waals surface area contributed by atoms with Crippen molar-refractivity contribution < 1.29 is 23.1 Å². The minimum Gasteiger partial charge on any atom is -0.393 e. The SMILES string of the molecule is O=C(c1nn([C@H]2CCCN(CCN3CCC(O)CC3)C2)c2c1CS(=O)(=O)c1ccccc1-2)N1CCOCC1. The van der Waals surface area contributed by atoms with Crippen LogP contribution in [0.1, 0.15) is 47.8 Å². The second-order valence-corrected chi connectivity index (χ2v) is 12.9. The van der Waals surface area contributed by atoms with Gasteiger partial charge in [-0.05, 0) is 38.3 Å². The van der Waals surface area contributed by atoms with Crippen molar-refractivity contribution in [3.63, 3.8) is 0 Å². The largest absolute Gasteiger partial charge is 0.393 e. The van der Waals surface area contributed by atoms with E-state index in [1.54, 1.807) is 17.0 Å². The van der Waals surface area contributed by atoms with Crippen molar-refractivity contribution in [1.82, 2.24) is 24.5 Å². The minimum atomic E-state index is -3.58. The predicted molar refractivity (Wildman–Crippen MR) is 142 cm³/mol. The topological polar surface area (TPSA) is 108 Å². The molecule has 0 bridgehead atoms. The smallest absolute Gasteiger partial charge is 0.274 e. The zero-order valence-corrected chi connectivity index (χ0v) is 22.6. The third-order valence-electron chi connectivity index (χ3n) is 8.44. The fraction of sp³-hybridized carbons (Fsp3) is 0.630. The van der Waals surface area contributed by atoms with E-state index in [2.05, 4.69) is 9.80 Å². The average molecular weight is 544 g/mol. The van der Waals surface area contributed by atoms with Gasteiger partial charge in [0.05, 0.1) is 41.7 Å². The number of carbonyl (C=O) groups is 1. The van der Waals surface area contributed by atoms with Crippen LogP contribution in [-0.4, -0.2) is 116 Å². The zero-order valence-electron chi connectivity index (χ0n) is 21.8. The summed E-state index contributed by atoms with van der Waals surface area (Å²) in [5.41, 5.74) is 2.23. The summed E-state index contributed by atoms with van der Waals surface area (Å²) < 4.78 is 33.9. The van der Waals surface area contributed by atoms with Crippen molar-refractivity contribution in [2.45, 2.75) is 48.5 Å². The van der Waals surface area contributed by atoms with Gasteiger partial charge in [-0.2, -0.15) is 5.10 Å². The van der Waals surface area contributed by atoms with Crippen LogP contribution in [0.2, 0.25) is 0 Å². The van der Waals surface area contributed by atoms with Gasteiger partial charge < -0.3 is 19.6 Å². The van der Waals surface area contributed by atoms with Crippen molar-refractivity contribution in [1.29, 1.82) is 0 Å². The molecule has 11 heteroatoms. The number of likely N-dealkylation sites (tertiary alicyclic amines) is 2. The molecule has 0 radical (unpaired) electrons. The molecule has 1 amide bonds. The number of amides is 1. The molecule has 3 saturated heterocycles. The van der Waals surface area contributed by atoms with E-state index in [1.165, 1.54) is 0 Å². The Morgan fingerprint density at radius 2 is 1.74 bits per heavy atom. The van der Waals surface area contributed by atoms with Crippen LogP contribution in [0, 0.1) is 0 Å². The quantitative estimate of drug-likeness (QED) is 0.603. The van der Waals surface area contributed by atoms with E-state index in [0.717, 1.165) is 70.6 Å². The number of aliphatic hydroxyl groups is 1. The lowest BCUT2D eigenvalue weighted by molar-refractivity contribution is 0.0297. The van der Waals surface area contributed by atoms with Gasteiger partial charge in [0.15, 0.2) is 15.5 Å². The van der Waals surface area contributed by atoms with E-state index < -0.39 is 9.84 Å². The molecule has 0 unspecified atom stereocenters. The number of piperidine rings is 2. The first-order valence-electron chi connectivity index (χ1n) is 13.8. The van der Waals surface area contributed by atoms with Crippen molar-refractivity contribution in [2.75, 3.05) is 65.6 Å². The second kappa shape index (κ2) is 10.7. The van der Waals surface area contributed by atoms with E-state index in [4.69, 9.17) is 9.84 Å². The number of fused-ring (bicyclic) bond motifs is 3. The Balaban J connectivity index is 1.31. The molecule has 3 fully saturated rings. The Morgan fingerprint density at radius 1 is 1.00 bits per heavy atom. The van der Waals surface area contributed by atoms with Crippen LogP contribution in [0.4, 0.5) is 0 Å². The highest BCUT2D eigenvalue weighted by Gasteiger charge is 2.39. The average Bonchev–Trinajstić information content (AvgIpc) is 3.32. The Bertz CT molecular complexity index is 1280. The van der Waals surface area contributed by atoms with Crippen LogP contribution in [0.3, 0.4) is 0 Å². The lowest BCUT2D eigenvalue weighted by Crippen LogP contribution is -2.44. The van der Waals surface area contributed by atoms with Crippen LogP contribution in [0.15, 0.2) is 29.2 Å². The summed E-state index contributed by atoms with van der Waals surface area (Å²) in [5.74, 6) is -0.417. The molecule has 0 saturated carbocycles. The summed E-state index contributed by atoms with van der Waals surface area (Å²) in [4.78, 5) is 20.6. The first-order valence-corrected chi connectivity index (χ1v) is 15.5. The molecule has 0 spiro atoms. The number of ether oxygens (including phenoxy) is 1. The Morgan fingerprint density at radius 3 is 2.53 bits per heavy atom.